The first-order valence-electron chi connectivity index (χ1n) is 25.0. The van der Waals surface area contributed by atoms with Crippen molar-refractivity contribution in [3.8, 4) is 22.3 Å². The van der Waals surface area contributed by atoms with Crippen LogP contribution in [0.3, 0.4) is 0 Å². The molecular weight excluding hydrogens is 833 g/mol. The molecule has 6 aliphatic heterocycles. The highest BCUT2D eigenvalue weighted by Gasteiger charge is 2.33. The van der Waals surface area contributed by atoms with E-state index >= 15 is 0 Å². The molecule has 10 nitrogen and oxygen atoms in total. The first-order valence-corrected chi connectivity index (χ1v) is 25.0. The summed E-state index contributed by atoms with van der Waals surface area (Å²) in [6.07, 6.45) is 10.4. The molecule has 6 aliphatic rings. The van der Waals surface area contributed by atoms with Gasteiger partial charge in [0, 0.05) is 93.2 Å². The number of carbonyl (C=O) groups excluding carboxylic acids is 4. The average molecular weight is 897 g/mol. The molecule has 0 saturated carbocycles. The molecular formula is C57H64N6O4. The molecule has 4 saturated heterocycles. The van der Waals surface area contributed by atoms with Gasteiger partial charge in [0.1, 0.15) is 0 Å². The van der Waals surface area contributed by atoms with Gasteiger partial charge in [-0.15, -0.1) is 0 Å². The smallest absolute Gasteiger partial charge is 0.254 e. The van der Waals surface area contributed by atoms with Crippen molar-refractivity contribution >= 4 is 23.6 Å². The molecule has 0 radical (unpaired) electrons. The third-order valence-corrected chi connectivity index (χ3v) is 15.2. The molecule has 0 bridgehead atoms. The van der Waals surface area contributed by atoms with E-state index in [0.717, 1.165) is 192 Å². The number of rotatable bonds is 8. The normalized spacial score (nSPS) is 19.2. The zero-order valence-corrected chi connectivity index (χ0v) is 38.8. The van der Waals surface area contributed by atoms with E-state index in [-0.39, 0.29) is 23.6 Å². The standard InChI is InChI=1S/C32H35N3O2.C25H29N3O2/c36-31(34-17-4-5-18-34)26-10-8-25(9-11-26)27-12-13-30-28(22-27)14-21-35(32(30)37)29-15-19-33(20-16-29)23-24-6-2-1-3-7-24;29-24(27-14-1-2-15-27)19-5-3-18(4-6-19)20-7-8-23-21(17-20)11-16-28(25(23)30)22-9-12-26-13-10-22/h1-3,6-13,22,29H,4-5,14-21,23H2;3-8,17,22,26H,1-2,9-16H2. The van der Waals surface area contributed by atoms with Gasteiger partial charge in [-0.2, -0.15) is 0 Å². The van der Waals surface area contributed by atoms with Gasteiger partial charge in [-0.1, -0.05) is 78.9 Å². The number of nitrogens with zero attached hydrogens (tertiary/aromatic N) is 5. The largest absolute Gasteiger partial charge is 0.339 e. The Balaban J connectivity index is 0.000000160. The number of hydrogen-bond acceptors (Lipinski definition) is 6. The van der Waals surface area contributed by atoms with E-state index in [9.17, 15) is 19.2 Å². The van der Waals surface area contributed by atoms with Crippen LogP contribution in [0.4, 0.5) is 0 Å². The van der Waals surface area contributed by atoms with Crippen molar-refractivity contribution in [2.24, 2.45) is 0 Å². The highest BCUT2D eigenvalue weighted by molar-refractivity contribution is 5.99. The number of nitrogens with one attached hydrogen (secondary N) is 1. The molecule has 5 aromatic carbocycles. The Morgan fingerprint density at radius 2 is 0.910 bits per heavy atom. The predicted molar refractivity (Wildman–Crippen MR) is 264 cm³/mol. The lowest BCUT2D eigenvalue weighted by Gasteiger charge is -2.40. The first kappa shape index (κ1) is 44.7. The van der Waals surface area contributed by atoms with Crippen molar-refractivity contribution in [2.45, 2.75) is 82.8 Å². The van der Waals surface area contributed by atoms with E-state index in [2.05, 4.69) is 68.5 Å². The third kappa shape index (κ3) is 9.97. The lowest BCUT2D eigenvalue weighted by molar-refractivity contribution is 0.0545. The zero-order valence-electron chi connectivity index (χ0n) is 38.8. The van der Waals surface area contributed by atoms with Gasteiger partial charge in [0.05, 0.1) is 0 Å². The Hall–Kier alpha value is -6.10. The molecule has 1 N–H and O–H groups in total. The maximum Gasteiger partial charge on any atom is 0.254 e. The van der Waals surface area contributed by atoms with Gasteiger partial charge < -0.3 is 24.9 Å². The van der Waals surface area contributed by atoms with E-state index in [4.69, 9.17) is 0 Å². The van der Waals surface area contributed by atoms with E-state index in [1.807, 2.05) is 76.5 Å². The highest BCUT2D eigenvalue weighted by atomic mass is 16.2. The van der Waals surface area contributed by atoms with Crippen LogP contribution in [-0.2, 0) is 19.4 Å². The zero-order chi connectivity index (χ0) is 45.7. The molecule has 0 atom stereocenters. The monoisotopic (exact) mass is 896 g/mol. The fourth-order valence-electron chi connectivity index (χ4n) is 11.2. The minimum atomic E-state index is 0.131. The van der Waals surface area contributed by atoms with Crippen LogP contribution in [0.1, 0.15) is 109 Å². The Kier molecular flexibility index (Phi) is 13.6. The summed E-state index contributed by atoms with van der Waals surface area (Å²) in [6.45, 7) is 10.1. The molecule has 6 heterocycles. The third-order valence-electron chi connectivity index (χ3n) is 15.2. The Morgan fingerprint density at radius 1 is 0.478 bits per heavy atom. The summed E-state index contributed by atoms with van der Waals surface area (Å²) in [5, 5.41) is 3.38. The summed E-state index contributed by atoms with van der Waals surface area (Å²) in [4.78, 5) is 62.3. The summed E-state index contributed by atoms with van der Waals surface area (Å²) in [6, 6.07) is 39.6. The van der Waals surface area contributed by atoms with E-state index in [1.165, 1.54) is 5.56 Å². The van der Waals surface area contributed by atoms with E-state index < -0.39 is 0 Å². The van der Waals surface area contributed by atoms with E-state index in [0.29, 0.717) is 12.1 Å². The number of amides is 4. The van der Waals surface area contributed by atoms with Gasteiger partial charge in [-0.3, -0.25) is 24.1 Å². The van der Waals surface area contributed by atoms with Crippen molar-refractivity contribution in [3.05, 3.63) is 154 Å². The van der Waals surface area contributed by atoms with Gasteiger partial charge in [-0.05, 0) is 153 Å². The maximum atomic E-state index is 13.5. The molecule has 346 valence electrons. The van der Waals surface area contributed by atoms with E-state index in [1.54, 1.807) is 0 Å². The molecule has 4 fully saturated rings. The van der Waals surface area contributed by atoms with Gasteiger partial charge >= 0.3 is 0 Å². The van der Waals surface area contributed by atoms with Gasteiger partial charge in [0.2, 0.25) is 0 Å². The highest BCUT2D eigenvalue weighted by Crippen LogP contribution is 2.32. The van der Waals surface area contributed by atoms with Crippen LogP contribution in [0.25, 0.3) is 22.3 Å². The second-order valence-electron chi connectivity index (χ2n) is 19.4. The molecule has 0 aliphatic carbocycles. The molecule has 10 heteroatoms. The van der Waals surface area contributed by atoms with Crippen LogP contribution in [0, 0.1) is 0 Å². The van der Waals surface area contributed by atoms with Crippen molar-refractivity contribution in [2.75, 3.05) is 65.4 Å². The fraction of sp³-hybridized carbons (Fsp3) is 0.404. The van der Waals surface area contributed by atoms with Crippen LogP contribution in [0.2, 0.25) is 0 Å². The topological polar surface area (TPSA) is 96.5 Å². The number of likely N-dealkylation sites (tertiary alicyclic amines) is 3. The first-order chi connectivity index (χ1) is 32.9. The number of benzene rings is 5. The minimum absolute atomic E-state index is 0.131. The molecule has 4 amide bonds. The fourth-order valence-corrected chi connectivity index (χ4v) is 11.2. The lowest BCUT2D eigenvalue weighted by Crippen LogP contribution is -2.49. The Morgan fingerprint density at radius 3 is 1.37 bits per heavy atom. The molecule has 5 aromatic rings. The SMILES string of the molecule is O=C(c1ccc(-c2ccc3c(c2)CCN(C2CCN(Cc4ccccc4)CC2)C3=O)cc1)N1CCCC1.O=C(c1ccc(-c2ccc3c(c2)CCN(C2CCNCC2)C3=O)cc1)N1CCCC1. The van der Waals surface area contributed by atoms with Crippen molar-refractivity contribution in [3.63, 3.8) is 0 Å². The van der Waals surface area contributed by atoms with Crippen molar-refractivity contribution < 1.29 is 19.2 Å². The number of hydrogen-bond donors (Lipinski definition) is 1. The molecule has 0 spiro atoms. The molecule has 67 heavy (non-hydrogen) atoms. The number of carbonyl (C=O) groups is 4. The Labute approximate surface area is 395 Å². The van der Waals surface area contributed by atoms with Crippen LogP contribution in [0.5, 0.6) is 0 Å². The van der Waals surface area contributed by atoms with Crippen LogP contribution < -0.4 is 5.32 Å². The predicted octanol–water partition coefficient (Wildman–Crippen LogP) is 8.59. The van der Waals surface area contributed by atoms with Crippen LogP contribution in [-0.4, -0.2) is 126 Å². The average Bonchev–Trinajstić information content (AvgIpc) is 4.14. The lowest BCUT2D eigenvalue weighted by atomic mass is 9.91. The minimum Gasteiger partial charge on any atom is -0.339 e. The number of fused-ring (bicyclic) bond motifs is 2. The second-order valence-corrected chi connectivity index (χ2v) is 19.4. The van der Waals surface area contributed by atoms with Crippen molar-refractivity contribution in [1.29, 1.82) is 0 Å². The quantitative estimate of drug-likeness (QED) is 0.168. The summed E-state index contributed by atoms with van der Waals surface area (Å²) in [5.41, 5.74) is 11.2. The van der Waals surface area contributed by atoms with Crippen LogP contribution >= 0.6 is 0 Å². The van der Waals surface area contributed by atoms with Crippen LogP contribution in [0.15, 0.2) is 115 Å². The Bertz CT molecular complexity index is 2550. The second kappa shape index (κ2) is 20.4. The summed E-state index contributed by atoms with van der Waals surface area (Å²) < 4.78 is 0. The summed E-state index contributed by atoms with van der Waals surface area (Å²) >= 11 is 0. The van der Waals surface area contributed by atoms with Crippen molar-refractivity contribution in [1.82, 2.24) is 29.8 Å². The van der Waals surface area contributed by atoms with Gasteiger partial charge in [-0.25, -0.2) is 0 Å². The molecule has 11 rings (SSSR count). The maximum absolute atomic E-state index is 13.5. The molecule has 0 unspecified atom stereocenters. The van der Waals surface area contributed by atoms with Gasteiger partial charge in [0.15, 0.2) is 0 Å². The van der Waals surface area contributed by atoms with Gasteiger partial charge in [0.25, 0.3) is 23.6 Å². The molecule has 0 aromatic heterocycles. The summed E-state index contributed by atoms with van der Waals surface area (Å²) in [7, 11) is 0. The summed E-state index contributed by atoms with van der Waals surface area (Å²) in [5.74, 6) is 0.626. The number of piperidine rings is 2.